The van der Waals surface area contributed by atoms with Crippen LogP contribution in [0.15, 0.2) is 30.5 Å². The predicted molar refractivity (Wildman–Crippen MR) is 67.0 cm³/mol. The van der Waals surface area contributed by atoms with Gasteiger partial charge in [-0.25, -0.2) is 4.79 Å². The lowest BCUT2D eigenvalue weighted by molar-refractivity contribution is 0.171. The summed E-state index contributed by atoms with van der Waals surface area (Å²) in [4.78, 5) is 10.9. The number of para-hydroxylation sites is 1. The van der Waals surface area contributed by atoms with Crippen molar-refractivity contribution in [2.45, 2.75) is 6.42 Å². The van der Waals surface area contributed by atoms with Crippen LogP contribution in [0, 0.1) is 0 Å². The van der Waals surface area contributed by atoms with Gasteiger partial charge in [0, 0.05) is 30.7 Å². The summed E-state index contributed by atoms with van der Waals surface area (Å²) in [5.74, 6) is 0. The number of methoxy groups -OCH3 is 1. The number of nitrogens with zero attached hydrogens (tertiary/aromatic N) is 1. The van der Waals surface area contributed by atoms with Gasteiger partial charge in [0.25, 0.3) is 0 Å². The fourth-order valence-corrected chi connectivity index (χ4v) is 2.00. The van der Waals surface area contributed by atoms with Crippen molar-refractivity contribution in [2.75, 3.05) is 13.7 Å². The van der Waals surface area contributed by atoms with Gasteiger partial charge in [0.1, 0.15) is 0 Å². The maximum absolute atomic E-state index is 10.9. The summed E-state index contributed by atoms with van der Waals surface area (Å²) in [6.45, 7) is 0.584. The highest BCUT2D eigenvalue weighted by atomic mass is 16.5. The third-order valence-corrected chi connectivity index (χ3v) is 2.83. The van der Waals surface area contributed by atoms with Gasteiger partial charge in [0.2, 0.25) is 0 Å². The summed E-state index contributed by atoms with van der Waals surface area (Å²) >= 11 is 0. The Balaban J connectivity index is 2.11. The van der Waals surface area contributed by atoms with Crippen molar-refractivity contribution in [3.05, 3.63) is 36.0 Å². The minimum absolute atomic E-state index is 0.384. The summed E-state index contributed by atoms with van der Waals surface area (Å²) in [6, 6.07) is 8.24. The van der Waals surface area contributed by atoms with Crippen LogP contribution in [0.4, 0.5) is 4.79 Å². The second-order valence-electron chi connectivity index (χ2n) is 3.95. The SMILES string of the molecule is COC(=O)NCCc1cn(C)c2ccccc12. The average Bonchev–Trinajstić information content (AvgIpc) is 2.67. The molecule has 0 bridgehead atoms. The Bertz CT molecular complexity index is 531. The van der Waals surface area contributed by atoms with Crippen molar-refractivity contribution in [2.24, 2.45) is 7.05 Å². The van der Waals surface area contributed by atoms with Gasteiger partial charge in [0.05, 0.1) is 7.11 Å². The van der Waals surface area contributed by atoms with Gasteiger partial charge in [-0.1, -0.05) is 18.2 Å². The highest BCUT2D eigenvalue weighted by Crippen LogP contribution is 2.20. The van der Waals surface area contributed by atoms with Crippen molar-refractivity contribution >= 4 is 17.0 Å². The van der Waals surface area contributed by atoms with E-state index in [1.165, 1.54) is 23.6 Å². The molecule has 0 aliphatic heterocycles. The molecule has 0 unspecified atom stereocenters. The highest BCUT2D eigenvalue weighted by molar-refractivity contribution is 5.83. The lowest BCUT2D eigenvalue weighted by Crippen LogP contribution is -2.25. The molecule has 0 saturated heterocycles. The van der Waals surface area contributed by atoms with Gasteiger partial charge >= 0.3 is 6.09 Å². The first-order valence-electron chi connectivity index (χ1n) is 5.57. The van der Waals surface area contributed by atoms with E-state index in [2.05, 4.69) is 33.0 Å². The Morgan fingerprint density at radius 3 is 2.94 bits per heavy atom. The van der Waals surface area contributed by atoms with Crippen molar-refractivity contribution in [1.82, 2.24) is 9.88 Å². The minimum Gasteiger partial charge on any atom is -0.453 e. The van der Waals surface area contributed by atoms with Gasteiger partial charge in [-0.15, -0.1) is 0 Å². The zero-order valence-corrected chi connectivity index (χ0v) is 10.1. The Morgan fingerprint density at radius 1 is 1.41 bits per heavy atom. The molecule has 90 valence electrons. The van der Waals surface area contributed by atoms with E-state index >= 15 is 0 Å². The van der Waals surface area contributed by atoms with Crippen molar-refractivity contribution in [3.8, 4) is 0 Å². The molecule has 0 aliphatic rings. The van der Waals surface area contributed by atoms with Gasteiger partial charge in [-0.05, 0) is 18.1 Å². The monoisotopic (exact) mass is 232 g/mol. The zero-order chi connectivity index (χ0) is 12.3. The van der Waals surface area contributed by atoms with Gasteiger partial charge in [-0.3, -0.25) is 0 Å². The van der Waals surface area contributed by atoms with Crippen molar-refractivity contribution in [3.63, 3.8) is 0 Å². The van der Waals surface area contributed by atoms with Gasteiger partial charge in [-0.2, -0.15) is 0 Å². The largest absolute Gasteiger partial charge is 0.453 e. The van der Waals surface area contributed by atoms with E-state index in [0.29, 0.717) is 6.54 Å². The summed E-state index contributed by atoms with van der Waals surface area (Å²) in [5, 5.41) is 3.92. The number of fused-ring (bicyclic) bond motifs is 1. The summed E-state index contributed by atoms with van der Waals surface area (Å²) < 4.78 is 6.63. The first kappa shape index (κ1) is 11.5. The number of ether oxygens (including phenoxy) is 1. The smallest absolute Gasteiger partial charge is 0.406 e. The Morgan fingerprint density at radius 2 is 2.18 bits per heavy atom. The fraction of sp³-hybridized carbons (Fsp3) is 0.308. The first-order chi connectivity index (χ1) is 8.22. The van der Waals surface area contributed by atoms with Crippen LogP contribution >= 0.6 is 0 Å². The normalized spacial score (nSPS) is 10.5. The highest BCUT2D eigenvalue weighted by Gasteiger charge is 2.06. The molecule has 2 aromatic rings. The third kappa shape index (κ3) is 2.41. The van der Waals surface area contributed by atoms with Crippen LogP contribution in [-0.2, 0) is 18.2 Å². The lowest BCUT2D eigenvalue weighted by Gasteiger charge is -2.02. The van der Waals surface area contributed by atoms with Crippen LogP contribution < -0.4 is 5.32 Å². The number of amides is 1. The molecule has 17 heavy (non-hydrogen) atoms. The maximum atomic E-state index is 10.9. The Kier molecular flexibility index (Phi) is 3.32. The zero-order valence-electron chi connectivity index (χ0n) is 10.1. The van der Waals surface area contributed by atoms with Crippen molar-refractivity contribution < 1.29 is 9.53 Å². The van der Waals surface area contributed by atoms with Crippen LogP contribution in [0.3, 0.4) is 0 Å². The molecule has 4 heteroatoms. The quantitative estimate of drug-likeness (QED) is 0.880. The third-order valence-electron chi connectivity index (χ3n) is 2.83. The molecule has 1 N–H and O–H groups in total. The molecule has 0 atom stereocenters. The molecule has 0 spiro atoms. The second-order valence-corrected chi connectivity index (χ2v) is 3.95. The summed E-state index contributed by atoms with van der Waals surface area (Å²) in [7, 11) is 3.40. The number of carbonyl (C=O) groups is 1. The number of benzene rings is 1. The fourth-order valence-electron chi connectivity index (χ4n) is 2.00. The molecular weight excluding hydrogens is 216 g/mol. The van der Waals surface area contributed by atoms with E-state index in [0.717, 1.165) is 6.42 Å². The first-order valence-corrected chi connectivity index (χ1v) is 5.57. The average molecular weight is 232 g/mol. The molecule has 1 aromatic heterocycles. The lowest BCUT2D eigenvalue weighted by atomic mass is 10.1. The number of hydrogen-bond donors (Lipinski definition) is 1. The van der Waals surface area contributed by atoms with E-state index in [1.54, 1.807) is 0 Å². The number of nitrogens with one attached hydrogen (secondary N) is 1. The van der Waals surface area contributed by atoms with E-state index in [4.69, 9.17) is 0 Å². The number of carbonyl (C=O) groups excluding carboxylic acids is 1. The number of aromatic nitrogens is 1. The van der Waals surface area contributed by atoms with Crippen LogP contribution in [0.2, 0.25) is 0 Å². The van der Waals surface area contributed by atoms with E-state index < -0.39 is 0 Å². The topological polar surface area (TPSA) is 43.3 Å². The number of aryl methyl sites for hydroxylation is 1. The molecule has 1 amide bonds. The van der Waals surface area contributed by atoms with Crippen LogP contribution in [-0.4, -0.2) is 24.3 Å². The molecule has 4 nitrogen and oxygen atoms in total. The maximum Gasteiger partial charge on any atom is 0.406 e. The Hall–Kier alpha value is -1.97. The van der Waals surface area contributed by atoms with Gasteiger partial charge in [0.15, 0.2) is 0 Å². The molecule has 0 aliphatic carbocycles. The van der Waals surface area contributed by atoms with Crippen LogP contribution in [0.5, 0.6) is 0 Å². The molecule has 1 aromatic carbocycles. The molecule has 0 saturated carbocycles. The minimum atomic E-state index is -0.384. The number of alkyl carbamates (subject to hydrolysis) is 1. The van der Waals surface area contributed by atoms with Crippen LogP contribution in [0.1, 0.15) is 5.56 Å². The molecule has 1 heterocycles. The van der Waals surface area contributed by atoms with E-state index in [1.807, 2.05) is 19.2 Å². The summed E-state index contributed by atoms with van der Waals surface area (Å²) in [5.41, 5.74) is 2.44. The van der Waals surface area contributed by atoms with E-state index in [9.17, 15) is 4.79 Å². The molecule has 0 radical (unpaired) electrons. The van der Waals surface area contributed by atoms with Gasteiger partial charge < -0.3 is 14.6 Å². The predicted octanol–water partition coefficient (Wildman–Crippen LogP) is 2.08. The molecule has 2 rings (SSSR count). The number of hydrogen-bond acceptors (Lipinski definition) is 2. The molecule has 0 fully saturated rings. The second kappa shape index (κ2) is 4.91. The van der Waals surface area contributed by atoms with Crippen LogP contribution in [0.25, 0.3) is 10.9 Å². The van der Waals surface area contributed by atoms with Crippen molar-refractivity contribution in [1.29, 1.82) is 0 Å². The Labute approximate surface area is 100 Å². The summed E-state index contributed by atoms with van der Waals surface area (Å²) in [6.07, 6.45) is 2.52. The molecular formula is C13H16N2O2. The number of rotatable bonds is 3. The van der Waals surface area contributed by atoms with E-state index in [-0.39, 0.29) is 6.09 Å². The standard InChI is InChI=1S/C13H16N2O2/c1-15-9-10(7-8-14-13(16)17-2)11-5-3-4-6-12(11)15/h3-6,9H,7-8H2,1-2H3,(H,14,16).